The summed E-state index contributed by atoms with van der Waals surface area (Å²) in [4.78, 5) is 0. The van der Waals surface area contributed by atoms with Crippen LogP contribution in [0.25, 0.3) is 0 Å². The van der Waals surface area contributed by atoms with E-state index in [1.807, 2.05) is 0 Å². The number of hydrogen-bond acceptors (Lipinski definition) is 1. The minimum absolute atomic E-state index is 0.137. The molecule has 0 unspecified atom stereocenters. The van der Waals surface area contributed by atoms with Gasteiger partial charge in [0.15, 0.2) is 5.11 Å². The summed E-state index contributed by atoms with van der Waals surface area (Å²) in [6.07, 6.45) is 7.20. The third-order valence-corrected chi connectivity index (χ3v) is 5.71. The monoisotopic (exact) mass is 366 g/mol. The maximum absolute atomic E-state index is 5.64. The molecule has 0 amide bonds. The molecule has 0 atom stereocenters. The first-order valence-corrected chi connectivity index (χ1v) is 10.2. The highest BCUT2D eigenvalue weighted by Gasteiger charge is 2.33. The van der Waals surface area contributed by atoms with Crippen LogP contribution in [0.15, 0.2) is 54.6 Å². The number of hydrogen-bond donors (Lipinski definition) is 2. The van der Waals surface area contributed by atoms with E-state index in [1.54, 1.807) is 0 Å². The molecule has 3 rings (SSSR count). The maximum atomic E-state index is 5.64. The standard InChI is InChI=1S/C23H30N2S/c1-18(2)20-10-12-21(13-11-20)24-22(26)25-23(15-6-7-16-23)17-14-19-8-4-3-5-9-19/h3-5,8-13,18H,6-7,14-17H2,1-2H3,(H2,24,25,26). The molecule has 1 aliphatic carbocycles. The van der Waals surface area contributed by atoms with E-state index in [4.69, 9.17) is 12.2 Å². The van der Waals surface area contributed by atoms with E-state index in [2.05, 4.69) is 79.1 Å². The molecule has 0 aromatic heterocycles. The Kier molecular flexibility index (Phi) is 6.31. The van der Waals surface area contributed by atoms with Crippen molar-refractivity contribution in [2.75, 3.05) is 5.32 Å². The zero-order valence-corrected chi connectivity index (χ0v) is 16.7. The minimum Gasteiger partial charge on any atom is -0.357 e. The molecule has 1 saturated carbocycles. The highest BCUT2D eigenvalue weighted by Crippen LogP contribution is 2.34. The normalized spacial score (nSPS) is 15.8. The van der Waals surface area contributed by atoms with Gasteiger partial charge in [-0.3, -0.25) is 0 Å². The van der Waals surface area contributed by atoms with Gasteiger partial charge in [0.05, 0.1) is 0 Å². The van der Waals surface area contributed by atoms with Crippen LogP contribution in [0.1, 0.15) is 63.0 Å². The molecule has 2 aromatic rings. The summed E-state index contributed by atoms with van der Waals surface area (Å²) < 4.78 is 0. The summed E-state index contributed by atoms with van der Waals surface area (Å²) >= 11 is 5.64. The first-order chi connectivity index (χ1) is 12.6. The van der Waals surface area contributed by atoms with Crippen LogP contribution in [0, 0.1) is 0 Å². The third-order valence-electron chi connectivity index (χ3n) is 5.51. The summed E-state index contributed by atoms with van der Waals surface area (Å²) in [5.74, 6) is 0.550. The predicted molar refractivity (Wildman–Crippen MR) is 116 cm³/mol. The van der Waals surface area contributed by atoms with Crippen LogP contribution in [-0.2, 0) is 6.42 Å². The van der Waals surface area contributed by atoms with Crippen LogP contribution in [0.3, 0.4) is 0 Å². The molecule has 0 spiro atoms. The summed E-state index contributed by atoms with van der Waals surface area (Å²) in [5, 5.41) is 7.79. The number of rotatable bonds is 6. The van der Waals surface area contributed by atoms with E-state index in [9.17, 15) is 0 Å². The summed E-state index contributed by atoms with van der Waals surface area (Å²) in [5.41, 5.74) is 3.95. The Morgan fingerprint density at radius 1 is 1.00 bits per heavy atom. The van der Waals surface area contributed by atoms with Crippen molar-refractivity contribution in [2.45, 2.75) is 63.8 Å². The quantitative estimate of drug-likeness (QED) is 0.609. The number of thiocarbonyl (C=S) groups is 1. The molecule has 0 heterocycles. The molecule has 0 bridgehead atoms. The first kappa shape index (κ1) is 18.9. The fourth-order valence-corrected chi connectivity index (χ4v) is 4.21. The largest absolute Gasteiger partial charge is 0.357 e. The van der Waals surface area contributed by atoms with E-state index in [0.717, 1.165) is 23.6 Å². The molecule has 1 aliphatic rings. The zero-order valence-electron chi connectivity index (χ0n) is 15.9. The molecule has 138 valence electrons. The van der Waals surface area contributed by atoms with Crippen LogP contribution < -0.4 is 10.6 Å². The van der Waals surface area contributed by atoms with Crippen molar-refractivity contribution in [1.29, 1.82) is 0 Å². The van der Waals surface area contributed by atoms with Gasteiger partial charge < -0.3 is 10.6 Å². The second-order valence-corrected chi connectivity index (χ2v) is 8.24. The fraction of sp³-hybridized carbons (Fsp3) is 0.435. The van der Waals surface area contributed by atoms with E-state index in [-0.39, 0.29) is 5.54 Å². The zero-order chi connectivity index (χ0) is 18.4. The molecular weight excluding hydrogens is 336 g/mol. The SMILES string of the molecule is CC(C)c1ccc(NC(=S)NC2(CCc3ccccc3)CCCC2)cc1. The summed E-state index contributed by atoms with van der Waals surface area (Å²) in [6, 6.07) is 19.4. The van der Waals surface area contributed by atoms with E-state index in [0.29, 0.717) is 5.92 Å². The molecule has 0 saturated heterocycles. The lowest BCUT2D eigenvalue weighted by molar-refractivity contribution is 0.362. The summed E-state index contributed by atoms with van der Waals surface area (Å²) in [6.45, 7) is 4.43. The smallest absolute Gasteiger partial charge is 0.171 e. The average Bonchev–Trinajstić information content (AvgIpc) is 3.10. The number of anilines is 1. The van der Waals surface area contributed by atoms with Crippen LogP contribution in [0.4, 0.5) is 5.69 Å². The molecule has 0 aliphatic heterocycles. The Bertz CT molecular complexity index is 701. The Morgan fingerprint density at radius 2 is 1.65 bits per heavy atom. The highest BCUT2D eigenvalue weighted by molar-refractivity contribution is 7.80. The van der Waals surface area contributed by atoms with Crippen LogP contribution in [0.5, 0.6) is 0 Å². The lowest BCUT2D eigenvalue weighted by Gasteiger charge is -2.32. The van der Waals surface area contributed by atoms with Gasteiger partial charge in [-0.2, -0.15) is 0 Å². The van der Waals surface area contributed by atoms with Crippen molar-refractivity contribution in [3.05, 3.63) is 65.7 Å². The Balaban J connectivity index is 1.59. The van der Waals surface area contributed by atoms with Gasteiger partial charge in [-0.25, -0.2) is 0 Å². The Hall–Kier alpha value is -1.87. The van der Waals surface area contributed by atoms with Gasteiger partial charge >= 0.3 is 0 Å². The van der Waals surface area contributed by atoms with Gasteiger partial charge in [-0.15, -0.1) is 0 Å². The fourth-order valence-electron chi connectivity index (χ4n) is 3.87. The molecular formula is C23H30N2S. The predicted octanol–water partition coefficient (Wildman–Crippen LogP) is 6.04. The topological polar surface area (TPSA) is 24.1 Å². The second kappa shape index (κ2) is 8.68. The Labute approximate surface area is 163 Å². The van der Waals surface area contributed by atoms with Crippen molar-refractivity contribution in [3.63, 3.8) is 0 Å². The van der Waals surface area contributed by atoms with Crippen molar-refractivity contribution < 1.29 is 0 Å². The molecule has 26 heavy (non-hydrogen) atoms. The van der Waals surface area contributed by atoms with Gasteiger partial charge in [-0.1, -0.05) is 69.2 Å². The lowest BCUT2D eigenvalue weighted by atomic mass is 9.89. The molecule has 0 radical (unpaired) electrons. The van der Waals surface area contributed by atoms with Gasteiger partial charge in [0.25, 0.3) is 0 Å². The average molecular weight is 367 g/mol. The number of aryl methyl sites for hydroxylation is 1. The van der Waals surface area contributed by atoms with Gasteiger partial charge in [0.1, 0.15) is 0 Å². The summed E-state index contributed by atoms with van der Waals surface area (Å²) in [7, 11) is 0. The van der Waals surface area contributed by atoms with Crippen molar-refractivity contribution in [1.82, 2.24) is 5.32 Å². The van der Waals surface area contributed by atoms with Crippen LogP contribution in [0.2, 0.25) is 0 Å². The van der Waals surface area contributed by atoms with E-state index in [1.165, 1.54) is 36.8 Å². The van der Waals surface area contributed by atoms with Crippen molar-refractivity contribution in [3.8, 4) is 0 Å². The third kappa shape index (κ3) is 5.07. The maximum Gasteiger partial charge on any atom is 0.171 e. The van der Waals surface area contributed by atoms with Gasteiger partial charge in [0, 0.05) is 11.2 Å². The molecule has 2 nitrogen and oxygen atoms in total. The first-order valence-electron chi connectivity index (χ1n) is 9.79. The number of benzene rings is 2. The molecule has 3 heteroatoms. The van der Waals surface area contributed by atoms with E-state index >= 15 is 0 Å². The van der Waals surface area contributed by atoms with Crippen LogP contribution >= 0.6 is 12.2 Å². The number of nitrogens with one attached hydrogen (secondary N) is 2. The van der Waals surface area contributed by atoms with Gasteiger partial charge in [0.2, 0.25) is 0 Å². The van der Waals surface area contributed by atoms with Crippen molar-refractivity contribution >= 4 is 23.0 Å². The minimum atomic E-state index is 0.137. The van der Waals surface area contributed by atoms with E-state index < -0.39 is 0 Å². The van der Waals surface area contributed by atoms with Crippen molar-refractivity contribution in [2.24, 2.45) is 0 Å². The Morgan fingerprint density at radius 3 is 2.27 bits per heavy atom. The molecule has 2 aromatic carbocycles. The molecule has 1 fully saturated rings. The molecule has 2 N–H and O–H groups in total. The second-order valence-electron chi connectivity index (χ2n) is 7.83. The highest BCUT2D eigenvalue weighted by atomic mass is 32.1. The lowest BCUT2D eigenvalue weighted by Crippen LogP contribution is -2.48. The van der Waals surface area contributed by atoms with Gasteiger partial charge in [-0.05, 0) is 67.1 Å². The van der Waals surface area contributed by atoms with Crippen LogP contribution in [-0.4, -0.2) is 10.7 Å².